The van der Waals surface area contributed by atoms with E-state index in [9.17, 15) is 14.7 Å². The minimum Gasteiger partial charge on any atom is -0.497 e. The molecule has 0 aliphatic carbocycles. The molecule has 1 amide bonds. The van der Waals surface area contributed by atoms with Gasteiger partial charge in [0, 0.05) is 13.0 Å². The highest BCUT2D eigenvalue weighted by Gasteiger charge is 2.44. The van der Waals surface area contributed by atoms with Crippen LogP contribution in [0.15, 0.2) is 54.6 Å². The largest absolute Gasteiger partial charge is 0.497 e. The molecule has 1 heterocycles. The third-order valence-corrected chi connectivity index (χ3v) is 4.69. The standard InChI is InChI=1S/C20H21NO4/c1-25-16-9-7-15(8-10-16)19-17(20(23)24)13-18(22)21(19)12-11-14-5-3-2-4-6-14/h2-10,17,19H,11-13H2,1H3,(H,23,24)/t17-,19+/m0/s1. The molecule has 130 valence electrons. The minimum absolute atomic E-state index is 0.0425. The molecule has 1 N–H and O–H groups in total. The maximum absolute atomic E-state index is 12.5. The normalized spacial score (nSPS) is 19.9. The predicted octanol–water partition coefficient (Wildman–Crippen LogP) is 2.91. The van der Waals surface area contributed by atoms with Gasteiger partial charge in [-0.05, 0) is 29.7 Å². The Morgan fingerprint density at radius 2 is 1.84 bits per heavy atom. The summed E-state index contributed by atoms with van der Waals surface area (Å²) in [5, 5.41) is 9.56. The Hall–Kier alpha value is -2.82. The number of carboxylic acid groups (broad SMARTS) is 1. The van der Waals surface area contributed by atoms with Crippen LogP contribution in [0.1, 0.15) is 23.6 Å². The van der Waals surface area contributed by atoms with Crippen molar-refractivity contribution in [1.82, 2.24) is 4.90 Å². The van der Waals surface area contributed by atoms with E-state index in [4.69, 9.17) is 4.74 Å². The number of hydrogen-bond acceptors (Lipinski definition) is 3. The smallest absolute Gasteiger partial charge is 0.309 e. The fraction of sp³-hybridized carbons (Fsp3) is 0.300. The Bertz CT molecular complexity index is 742. The third-order valence-electron chi connectivity index (χ3n) is 4.69. The molecule has 2 aromatic carbocycles. The number of amides is 1. The van der Waals surface area contributed by atoms with Crippen molar-refractivity contribution >= 4 is 11.9 Å². The van der Waals surface area contributed by atoms with Gasteiger partial charge in [-0.25, -0.2) is 0 Å². The van der Waals surface area contributed by atoms with Gasteiger partial charge in [-0.15, -0.1) is 0 Å². The summed E-state index contributed by atoms with van der Waals surface area (Å²) in [7, 11) is 1.58. The number of methoxy groups -OCH3 is 1. The molecule has 1 aliphatic heterocycles. The Kier molecular flexibility index (Phi) is 5.03. The number of carboxylic acids is 1. The van der Waals surface area contributed by atoms with E-state index in [-0.39, 0.29) is 12.3 Å². The molecule has 1 fully saturated rings. The minimum atomic E-state index is -0.934. The summed E-state index contributed by atoms with van der Waals surface area (Å²) in [6.45, 7) is 0.503. The van der Waals surface area contributed by atoms with Crippen LogP contribution in [0.4, 0.5) is 0 Å². The van der Waals surface area contributed by atoms with Gasteiger partial charge in [0.05, 0.1) is 19.1 Å². The Morgan fingerprint density at radius 3 is 2.44 bits per heavy atom. The molecular formula is C20H21NO4. The lowest BCUT2D eigenvalue weighted by Crippen LogP contribution is -2.32. The SMILES string of the molecule is COc1ccc([C@@H]2[C@@H](C(=O)O)CC(=O)N2CCc2ccccc2)cc1. The van der Waals surface area contributed by atoms with E-state index < -0.39 is 17.9 Å². The van der Waals surface area contributed by atoms with E-state index in [1.54, 1.807) is 24.1 Å². The number of aliphatic carboxylic acids is 1. The molecule has 2 aromatic rings. The molecule has 0 unspecified atom stereocenters. The number of carbonyl (C=O) groups is 2. The van der Waals surface area contributed by atoms with Gasteiger partial charge in [-0.1, -0.05) is 42.5 Å². The van der Waals surface area contributed by atoms with Gasteiger partial charge < -0.3 is 14.7 Å². The van der Waals surface area contributed by atoms with Gasteiger partial charge in [-0.2, -0.15) is 0 Å². The summed E-state index contributed by atoms with van der Waals surface area (Å²) < 4.78 is 5.16. The fourth-order valence-corrected chi connectivity index (χ4v) is 3.38. The Balaban J connectivity index is 1.84. The van der Waals surface area contributed by atoms with Crippen LogP contribution in [0.25, 0.3) is 0 Å². The first-order valence-corrected chi connectivity index (χ1v) is 8.30. The van der Waals surface area contributed by atoms with Gasteiger partial charge in [-0.3, -0.25) is 9.59 Å². The van der Waals surface area contributed by atoms with E-state index >= 15 is 0 Å². The van der Waals surface area contributed by atoms with Crippen LogP contribution in [0.2, 0.25) is 0 Å². The first kappa shape index (κ1) is 17.0. The van der Waals surface area contributed by atoms with Gasteiger partial charge in [0.2, 0.25) is 5.91 Å². The highest BCUT2D eigenvalue weighted by atomic mass is 16.5. The van der Waals surface area contributed by atoms with Gasteiger partial charge >= 0.3 is 5.97 Å². The van der Waals surface area contributed by atoms with Crippen molar-refractivity contribution in [2.24, 2.45) is 5.92 Å². The average molecular weight is 339 g/mol. The summed E-state index contributed by atoms with van der Waals surface area (Å²) in [4.78, 5) is 25.8. The Morgan fingerprint density at radius 1 is 1.16 bits per heavy atom. The summed E-state index contributed by atoms with van der Waals surface area (Å²) in [6.07, 6.45) is 0.742. The van der Waals surface area contributed by atoms with E-state index in [1.807, 2.05) is 42.5 Å². The first-order valence-electron chi connectivity index (χ1n) is 8.30. The zero-order valence-electron chi connectivity index (χ0n) is 14.1. The number of carbonyl (C=O) groups excluding carboxylic acids is 1. The highest BCUT2D eigenvalue weighted by Crippen LogP contribution is 2.38. The zero-order chi connectivity index (χ0) is 17.8. The van der Waals surface area contributed by atoms with Crippen LogP contribution >= 0.6 is 0 Å². The number of likely N-dealkylation sites (tertiary alicyclic amines) is 1. The summed E-state index contributed by atoms with van der Waals surface area (Å²) in [5.74, 6) is -1.06. The Labute approximate surface area is 146 Å². The second-order valence-electron chi connectivity index (χ2n) is 6.19. The van der Waals surface area contributed by atoms with Crippen molar-refractivity contribution in [3.8, 4) is 5.75 Å². The number of ether oxygens (including phenoxy) is 1. The van der Waals surface area contributed by atoms with Crippen molar-refractivity contribution in [2.45, 2.75) is 18.9 Å². The summed E-state index contributed by atoms with van der Waals surface area (Å²) in [5.41, 5.74) is 1.95. The second-order valence-corrected chi connectivity index (χ2v) is 6.19. The molecule has 5 heteroatoms. The topological polar surface area (TPSA) is 66.8 Å². The molecule has 5 nitrogen and oxygen atoms in total. The molecule has 1 saturated heterocycles. The summed E-state index contributed by atoms with van der Waals surface area (Å²) in [6, 6.07) is 16.7. The van der Waals surface area contributed by atoms with E-state index in [0.717, 1.165) is 11.1 Å². The second kappa shape index (κ2) is 7.38. The van der Waals surface area contributed by atoms with Crippen LogP contribution in [-0.4, -0.2) is 35.5 Å². The quantitative estimate of drug-likeness (QED) is 0.879. The molecule has 3 rings (SSSR count). The van der Waals surface area contributed by atoms with Gasteiger partial charge in [0.15, 0.2) is 0 Å². The van der Waals surface area contributed by atoms with Crippen LogP contribution in [0, 0.1) is 5.92 Å². The lowest BCUT2D eigenvalue weighted by atomic mass is 9.93. The van der Waals surface area contributed by atoms with Crippen LogP contribution < -0.4 is 4.74 Å². The number of rotatable bonds is 6. The average Bonchev–Trinajstić information content (AvgIpc) is 2.97. The number of nitrogens with zero attached hydrogens (tertiary/aromatic N) is 1. The number of benzene rings is 2. The molecule has 1 aliphatic rings. The van der Waals surface area contributed by atoms with Crippen LogP contribution in [0.5, 0.6) is 5.75 Å². The van der Waals surface area contributed by atoms with E-state index in [1.165, 1.54) is 0 Å². The predicted molar refractivity (Wildman–Crippen MR) is 93.3 cm³/mol. The molecule has 0 aromatic heterocycles. The van der Waals surface area contributed by atoms with Gasteiger partial charge in [0.25, 0.3) is 0 Å². The van der Waals surface area contributed by atoms with Gasteiger partial charge in [0.1, 0.15) is 5.75 Å². The molecule has 0 spiro atoms. The van der Waals surface area contributed by atoms with Crippen molar-refractivity contribution < 1.29 is 19.4 Å². The first-order chi connectivity index (χ1) is 12.1. The van der Waals surface area contributed by atoms with Crippen molar-refractivity contribution in [1.29, 1.82) is 0 Å². The van der Waals surface area contributed by atoms with Crippen LogP contribution in [0.3, 0.4) is 0 Å². The van der Waals surface area contributed by atoms with Crippen molar-refractivity contribution in [2.75, 3.05) is 13.7 Å². The molecule has 2 atom stereocenters. The fourth-order valence-electron chi connectivity index (χ4n) is 3.38. The maximum atomic E-state index is 12.5. The summed E-state index contributed by atoms with van der Waals surface area (Å²) >= 11 is 0. The third kappa shape index (κ3) is 3.65. The lowest BCUT2D eigenvalue weighted by Gasteiger charge is -2.27. The monoisotopic (exact) mass is 339 g/mol. The molecular weight excluding hydrogens is 318 g/mol. The van der Waals surface area contributed by atoms with E-state index in [0.29, 0.717) is 18.7 Å². The van der Waals surface area contributed by atoms with Crippen molar-refractivity contribution in [3.05, 3.63) is 65.7 Å². The lowest BCUT2D eigenvalue weighted by molar-refractivity contribution is -0.142. The molecule has 0 saturated carbocycles. The molecule has 0 bridgehead atoms. The molecule has 0 radical (unpaired) electrons. The maximum Gasteiger partial charge on any atom is 0.309 e. The zero-order valence-corrected chi connectivity index (χ0v) is 14.1. The van der Waals surface area contributed by atoms with Crippen molar-refractivity contribution in [3.63, 3.8) is 0 Å². The number of hydrogen-bond donors (Lipinski definition) is 1. The molecule has 25 heavy (non-hydrogen) atoms. The van der Waals surface area contributed by atoms with Crippen LogP contribution in [-0.2, 0) is 16.0 Å². The van der Waals surface area contributed by atoms with E-state index in [2.05, 4.69) is 0 Å². The highest BCUT2D eigenvalue weighted by molar-refractivity contribution is 5.87.